The quantitative estimate of drug-likeness (QED) is 0.633. The van der Waals surface area contributed by atoms with E-state index in [1.165, 1.54) is 4.68 Å². The van der Waals surface area contributed by atoms with Crippen molar-refractivity contribution >= 4 is 26.7 Å². The molecule has 0 spiro atoms. The van der Waals surface area contributed by atoms with Gasteiger partial charge >= 0.3 is 5.97 Å². The first-order chi connectivity index (χ1) is 12.0. The molecule has 25 heavy (non-hydrogen) atoms. The summed E-state index contributed by atoms with van der Waals surface area (Å²) < 4.78 is 32.0. The van der Waals surface area contributed by atoms with Crippen molar-refractivity contribution in [2.45, 2.75) is 24.2 Å². The predicted molar refractivity (Wildman–Crippen MR) is 93.7 cm³/mol. The second kappa shape index (κ2) is 7.06. The molecule has 0 bridgehead atoms. The summed E-state index contributed by atoms with van der Waals surface area (Å²) in [5.74, 6) is -0.600. The third-order valence-electron chi connectivity index (χ3n) is 3.70. The predicted octanol–water partition coefficient (Wildman–Crippen LogP) is 2.57. The third-order valence-corrected chi connectivity index (χ3v) is 5.31. The van der Waals surface area contributed by atoms with Gasteiger partial charge in [0.25, 0.3) is 0 Å². The summed E-state index contributed by atoms with van der Waals surface area (Å²) in [6.45, 7) is 1.85. The van der Waals surface area contributed by atoms with E-state index in [1.54, 1.807) is 55.5 Å². The molecule has 0 aliphatic rings. The van der Waals surface area contributed by atoms with Gasteiger partial charge in [0.1, 0.15) is 6.54 Å². The van der Waals surface area contributed by atoms with Gasteiger partial charge in [0, 0.05) is 5.39 Å². The number of para-hydroxylation sites is 1. The van der Waals surface area contributed by atoms with Crippen LogP contribution >= 0.6 is 0 Å². The van der Waals surface area contributed by atoms with Crippen molar-refractivity contribution in [1.82, 2.24) is 9.78 Å². The molecule has 7 heteroatoms. The molecule has 0 aliphatic heterocycles. The van der Waals surface area contributed by atoms with E-state index in [2.05, 4.69) is 5.10 Å². The minimum absolute atomic E-state index is 0.0174. The monoisotopic (exact) mass is 358 g/mol. The summed E-state index contributed by atoms with van der Waals surface area (Å²) in [4.78, 5) is 11.8. The van der Waals surface area contributed by atoms with Crippen LogP contribution in [0.5, 0.6) is 0 Å². The van der Waals surface area contributed by atoms with Crippen LogP contribution in [-0.4, -0.2) is 30.8 Å². The van der Waals surface area contributed by atoms with Crippen LogP contribution in [0.25, 0.3) is 10.9 Å². The maximum Gasteiger partial charge on any atom is 0.327 e. The molecule has 0 saturated carbocycles. The van der Waals surface area contributed by atoms with Crippen LogP contribution in [0.15, 0.2) is 59.6 Å². The Morgan fingerprint density at radius 3 is 2.48 bits per heavy atom. The average Bonchev–Trinajstić information content (AvgIpc) is 2.95. The summed E-state index contributed by atoms with van der Waals surface area (Å²) >= 11 is 0. The minimum Gasteiger partial charge on any atom is -0.465 e. The number of benzene rings is 2. The number of nitrogens with zero attached hydrogens (tertiary/aromatic N) is 2. The summed E-state index contributed by atoms with van der Waals surface area (Å²) in [6.07, 6.45) is 0. The number of fused-ring (bicyclic) bond motifs is 1. The molecule has 0 N–H and O–H groups in total. The summed E-state index contributed by atoms with van der Waals surface area (Å²) in [5.41, 5.74) is 1.27. The number of ether oxygens (including phenoxy) is 1. The number of carbonyl (C=O) groups excluding carboxylic acids is 1. The summed E-state index contributed by atoms with van der Waals surface area (Å²) in [7, 11) is -3.65. The fourth-order valence-corrected chi connectivity index (χ4v) is 4.14. The highest BCUT2D eigenvalue weighted by atomic mass is 32.2. The minimum atomic E-state index is -3.65. The van der Waals surface area contributed by atoms with E-state index < -0.39 is 15.8 Å². The number of carbonyl (C=O) groups is 1. The van der Waals surface area contributed by atoms with Gasteiger partial charge in [-0.05, 0) is 24.6 Å². The molecule has 3 aromatic rings. The lowest BCUT2D eigenvalue weighted by Crippen LogP contribution is -2.15. The lowest BCUT2D eigenvalue weighted by Gasteiger charge is -2.03. The molecule has 0 unspecified atom stereocenters. The van der Waals surface area contributed by atoms with E-state index >= 15 is 0 Å². The molecule has 2 aromatic carbocycles. The Hall–Kier alpha value is -2.67. The zero-order valence-electron chi connectivity index (χ0n) is 13.8. The van der Waals surface area contributed by atoms with Crippen molar-refractivity contribution in [1.29, 1.82) is 0 Å². The first kappa shape index (κ1) is 17.2. The van der Waals surface area contributed by atoms with Gasteiger partial charge < -0.3 is 4.74 Å². The fraction of sp³-hybridized carbons (Fsp3) is 0.222. The molecule has 0 radical (unpaired) electrons. The van der Waals surface area contributed by atoms with Crippen LogP contribution in [0.3, 0.4) is 0 Å². The van der Waals surface area contributed by atoms with Crippen LogP contribution in [0.4, 0.5) is 0 Å². The van der Waals surface area contributed by atoms with Crippen molar-refractivity contribution < 1.29 is 17.9 Å². The highest BCUT2D eigenvalue weighted by molar-refractivity contribution is 7.90. The van der Waals surface area contributed by atoms with Crippen LogP contribution in [-0.2, 0) is 31.7 Å². The van der Waals surface area contributed by atoms with Crippen molar-refractivity contribution in [3.63, 3.8) is 0 Å². The Labute approximate surface area is 146 Å². The van der Waals surface area contributed by atoms with Crippen molar-refractivity contribution in [3.05, 3.63) is 60.2 Å². The molecule has 0 amide bonds. The van der Waals surface area contributed by atoms with Gasteiger partial charge in [-0.15, -0.1) is 0 Å². The Morgan fingerprint density at radius 1 is 1.08 bits per heavy atom. The summed E-state index contributed by atoms with van der Waals surface area (Å²) in [5, 5.41) is 4.69. The number of esters is 1. The number of hydrogen-bond donors (Lipinski definition) is 0. The van der Waals surface area contributed by atoms with Gasteiger partial charge in [0.05, 0.1) is 17.9 Å². The van der Waals surface area contributed by atoms with E-state index in [0.717, 1.165) is 0 Å². The lowest BCUT2D eigenvalue weighted by molar-refractivity contribution is -0.143. The largest absolute Gasteiger partial charge is 0.465 e. The first-order valence-corrected chi connectivity index (χ1v) is 9.54. The molecule has 3 rings (SSSR count). The molecule has 1 aromatic heterocycles. The smallest absolute Gasteiger partial charge is 0.327 e. The van der Waals surface area contributed by atoms with E-state index in [4.69, 9.17) is 4.74 Å². The fourth-order valence-electron chi connectivity index (χ4n) is 2.64. The number of sulfone groups is 1. The number of rotatable bonds is 6. The highest BCUT2D eigenvalue weighted by Gasteiger charge is 2.24. The van der Waals surface area contributed by atoms with Crippen LogP contribution < -0.4 is 0 Å². The second-order valence-electron chi connectivity index (χ2n) is 5.53. The van der Waals surface area contributed by atoms with E-state index in [-0.39, 0.29) is 23.9 Å². The molecular weight excluding hydrogens is 340 g/mol. The average molecular weight is 358 g/mol. The van der Waals surface area contributed by atoms with Crippen molar-refractivity contribution in [3.8, 4) is 0 Å². The zero-order valence-corrected chi connectivity index (χ0v) is 14.6. The Bertz CT molecular complexity index is 994. The Balaban J connectivity index is 2.02. The van der Waals surface area contributed by atoms with Crippen LogP contribution in [0.2, 0.25) is 0 Å². The normalized spacial score (nSPS) is 11.6. The maximum absolute atomic E-state index is 12.8. The molecule has 0 aliphatic carbocycles. The van der Waals surface area contributed by atoms with Gasteiger partial charge in [0.15, 0.2) is 5.03 Å². The molecular formula is C18H18N2O4S. The zero-order chi connectivity index (χ0) is 17.9. The highest BCUT2D eigenvalue weighted by Crippen LogP contribution is 2.25. The molecule has 130 valence electrons. The summed E-state index contributed by atoms with van der Waals surface area (Å²) in [6, 6.07) is 15.9. The number of hydrogen-bond acceptors (Lipinski definition) is 5. The SMILES string of the molecule is CCOC(=O)Cn1nc(S(=O)(=O)Cc2ccccc2)c2ccccc21. The topological polar surface area (TPSA) is 78.3 Å². The molecule has 1 heterocycles. The molecule has 0 saturated heterocycles. The van der Waals surface area contributed by atoms with Gasteiger partial charge in [-0.1, -0.05) is 42.5 Å². The lowest BCUT2D eigenvalue weighted by atomic mass is 10.2. The van der Waals surface area contributed by atoms with E-state index in [0.29, 0.717) is 16.5 Å². The molecule has 0 atom stereocenters. The second-order valence-corrected chi connectivity index (χ2v) is 7.43. The van der Waals surface area contributed by atoms with Gasteiger partial charge in [0.2, 0.25) is 9.84 Å². The van der Waals surface area contributed by atoms with Gasteiger partial charge in [-0.3, -0.25) is 9.48 Å². The third kappa shape index (κ3) is 3.71. The van der Waals surface area contributed by atoms with Crippen LogP contribution in [0.1, 0.15) is 12.5 Å². The van der Waals surface area contributed by atoms with Crippen LogP contribution in [0, 0.1) is 0 Å². The van der Waals surface area contributed by atoms with Crippen molar-refractivity contribution in [2.75, 3.05) is 6.61 Å². The van der Waals surface area contributed by atoms with E-state index in [9.17, 15) is 13.2 Å². The van der Waals surface area contributed by atoms with Crippen molar-refractivity contribution in [2.24, 2.45) is 0 Å². The Kier molecular flexibility index (Phi) is 4.85. The van der Waals surface area contributed by atoms with E-state index in [1.807, 2.05) is 6.07 Å². The molecule has 6 nitrogen and oxygen atoms in total. The first-order valence-electron chi connectivity index (χ1n) is 7.89. The molecule has 0 fully saturated rings. The number of aromatic nitrogens is 2. The van der Waals surface area contributed by atoms with Gasteiger partial charge in [-0.2, -0.15) is 5.10 Å². The Morgan fingerprint density at radius 2 is 1.76 bits per heavy atom. The standard InChI is InChI=1S/C18H18N2O4S/c1-2-24-17(21)12-20-16-11-7-6-10-15(16)18(19-20)25(22,23)13-14-8-4-3-5-9-14/h3-11H,2,12-13H2,1H3. The van der Waals surface area contributed by atoms with Gasteiger partial charge in [-0.25, -0.2) is 8.42 Å². The maximum atomic E-state index is 12.8.